The Morgan fingerprint density at radius 1 is 1.06 bits per heavy atom. The molecule has 2 aliphatic carbocycles. The fourth-order valence-corrected chi connectivity index (χ4v) is 7.21. The monoisotopic (exact) mass is 497 g/mol. The van der Waals surface area contributed by atoms with Crippen molar-refractivity contribution in [3.05, 3.63) is 48.5 Å². The molecule has 9 heteroatoms. The van der Waals surface area contributed by atoms with E-state index in [-0.39, 0.29) is 23.4 Å². The molecule has 5 rings (SSSR count). The zero-order chi connectivity index (χ0) is 24.7. The zero-order valence-corrected chi connectivity index (χ0v) is 20.8. The van der Waals surface area contributed by atoms with Crippen LogP contribution in [-0.2, 0) is 19.6 Å². The summed E-state index contributed by atoms with van der Waals surface area (Å²) in [6.45, 7) is 3.50. The van der Waals surface area contributed by atoms with Gasteiger partial charge in [-0.25, -0.2) is 13.1 Å². The first-order valence-electron chi connectivity index (χ1n) is 12.2. The minimum atomic E-state index is -3.66. The molecule has 5 atom stereocenters. The van der Waals surface area contributed by atoms with Gasteiger partial charge in [0.05, 0.1) is 17.1 Å². The third-order valence-corrected chi connectivity index (χ3v) is 9.23. The van der Waals surface area contributed by atoms with Gasteiger partial charge in [0.1, 0.15) is 5.75 Å². The second kappa shape index (κ2) is 9.28. The summed E-state index contributed by atoms with van der Waals surface area (Å²) in [5.41, 5.74) is 1.08. The first kappa shape index (κ1) is 23.8. The molecule has 0 saturated heterocycles. The molecule has 2 fully saturated rings. The second-order valence-corrected chi connectivity index (χ2v) is 11.7. The summed E-state index contributed by atoms with van der Waals surface area (Å²) >= 11 is 0. The minimum Gasteiger partial charge on any atom is -0.476 e. The summed E-state index contributed by atoms with van der Waals surface area (Å²) in [6, 6.07) is 13.1. The zero-order valence-electron chi connectivity index (χ0n) is 19.9. The molecule has 0 radical (unpaired) electrons. The van der Waals surface area contributed by atoms with Crippen molar-refractivity contribution < 1.29 is 22.7 Å². The maximum absolute atomic E-state index is 12.9. The van der Waals surface area contributed by atoms with Gasteiger partial charge in [0, 0.05) is 18.7 Å². The molecular weight excluding hydrogens is 466 g/mol. The summed E-state index contributed by atoms with van der Waals surface area (Å²) in [5, 5.41) is 2.77. The van der Waals surface area contributed by atoms with Gasteiger partial charge in [-0.1, -0.05) is 18.6 Å². The fraction of sp³-hybridized carbons (Fsp3) is 0.462. The SMILES string of the molecule is CC(=O)N1C[C@H](C(=O)Nc2ccc(S(=O)(=O)N[C@@H](C)[C@H]3C[C@H]4CC[C@H]3C4)cc2)Oc2ccccc21. The molecule has 35 heavy (non-hydrogen) atoms. The number of nitrogens with zero attached hydrogens (tertiary/aromatic N) is 1. The van der Waals surface area contributed by atoms with Crippen LogP contribution in [0.4, 0.5) is 11.4 Å². The van der Waals surface area contributed by atoms with Crippen LogP contribution in [0.5, 0.6) is 5.75 Å². The van der Waals surface area contributed by atoms with Crippen LogP contribution in [0.3, 0.4) is 0 Å². The number of hydrogen-bond acceptors (Lipinski definition) is 5. The lowest BCUT2D eigenvalue weighted by Gasteiger charge is -2.33. The molecule has 2 N–H and O–H groups in total. The predicted molar refractivity (Wildman–Crippen MR) is 133 cm³/mol. The largest absolute Gasteiger partial charge is 0.476 e. The van der Waals surface area contributed by atoms with Gasteiger partial charge in [0.25, 0.3) is 5.91 Å². The van der Waals surface area contributed by atoms with Crippen LogP contribution in [0.25, 0.3) is 0 Å². The maximum atomic E-state index is 12.9. The summed E-state index contributed by atoms with van der Waals surface area (Å²) in [6.07, 6.45) is 3.93. The molecule has 1 heterocycles. The number of carbonyl (C=O) groups is 2. The Morgan fingerprint density at radius 3 is 2.46 bits per heavy atom. The standard InChI is InChI=1S/C26H31N3O5S/c1-16(22-14-18-7-8-19(22)13-18)28-35(32,33)21-11-9-20(10-12-21)27-26(31)25-15-29(17(2)30)23-5-3-4-6-24(23)34-25/h3-6,9-12,16,18-19,22,25,28H,7-8,13-15H2,1-2H3,(H,27,31)/t16-,18-,19-,22+,25+/m0/s1. The molecule has 2 saturated carbocycles. The van der Waals surface area contributed by atoms with Crippen LogP contribution in [0, 0.1) is 17.8 Å². The van der Waals surface area contributed by atoms with E-state index in [4.69, 9.17) is 4.74 Å². The van der Waals surface area contributed by atoms with Crippen LogP contribution in [0.15, 0.2) is 53.4 Å². The molecule has 2 aromatic carbocycles. The molecule has 2 aromatic rings. The van der Waals surface area contributed by atoms with Gasteiger partial charge in [0.2, 0.25) is 15.9 Å². The Hall–Kier alpha value is -2.91. The van der Waals surface area contributed by atoms with E-state index in [9.17, 15) is 18.0 Å². The Balaban J connectivity index is 1.23. The van der Waals surface area contributed by atoms with Gasteiger partial charge in [0.15, 0.2) is 6.10 Å². The van der Waals surface area contributed by atoms with Crippen molar-refractivity contribution in [1.82, 2.24) is 4.72 Å². The normalized spacial score (nSPS) is 26.1. The van der Waals surface area contributed by atoms with Crippen molar-refractivity contribution in [1.29, 1.82) is 0 Å². The molecule has 0 aromatic heterocycles. The highest BCUT2D eigenvalue weighted by atomic mass is 32.2. The second-order valence-electron chi connectivity index (χ2n) is 9.97. The lowest BCUT2D eigenvalue weighted by Crippen LogP contribution is -2.48. The fourth-order valence-electron chi connectivity index (χ4n) is 5.92. The topological polar surface area (TPSA) is 105 Å². The van der Waals surface area contributed by atoms with E-state index >= 15 is 0 Å². The predicted octanol–water partition coefficient (Wildman–Crippen LogP) is 3.54. The third-order valence-electron chi connectivity index (χ3n) is 7.65. The Kier molecular flexibility index (Phi) is 6.31. The van der Waals surface area contributed by atoms with Gasteiger partial charge >= 0.3 is 0 Å². The number of nitrogens with one attached hydrogen (secondary N) is 2. The van der Waals surface area contributed by atoms with Gasteiger partial charge in [-0.05, 0) is 80.3 Å². The lowest BCUT2D eigenvalue weighted by atomic mass is 9.84. The van der Waals surface area contributed by atoms with Crippen molar-refractivity contribution >= 4 is 33.2 Å². The van der Waals surface area contributed by atoms with E-state index in [1.54, 1.807) is 30.3 Å². The van der Waals surface area contributed by atoms with Crippen LogP contribution in [-0.4, -0.2) is 38.9 Å². The van der Waals surface area contributed by atoms with Crippen LogP contribution < -0.4 is 19.7 Å². The highest BCUT2D eigenvalue weighted by molar-refractivity contribution is 7.89. The number of hydrogen-bond donors (Lipinski definition) is 2. The van der Waals surface area contributed by atoms with Crippen LogP contribution >= 0.6 is 0 Å². The smallest absolute Gasteiger partial charge is 0.267 e. The van der Waals surface area contributed by atoms with Crippen molar-refractivity contribution in [2.24, 2.45) is 17.8 Å². The van der Waals surface area contributed by atoms with E-state index < -0.39 is 22.0 Å². The molecule has 186 valence electrons. The first-order valence-corrected chi connectivity index (χ1v) is 13.7. The number of amides is 2. The van der Waals surface area contributed by atoms with Crippen molar-refractivity contribution in [2.75, 3.05) is 16.8 Å². The summed E-state index contributed by atoms with van der Waals surface area (Å²) in [5.74, 6) is 1.65. The van der Waals surface area contributed by atoms with E-state index in [0.29, 0.717) is 29.0 Å². The summed E-state index contributed by atoms with van der Waals surface area (Å²) in [4.78, 5) is 26.6. The Labute approximate surface area is 206 Å². The number of para-hydroxylation sites is 2. The molecule has 2 amide bonds. The maximum Gasteiger partial charge on any atom is 0.267 e. The number of benzene rings is 2. The number of rotatable bonds is 6. The molecule has 8 nitrogen and oxygen atoms in total. The van der Waals surface area contributed by atoms with Crippen molar-refractivity contribution in [3.8, 4) is 5.75 Å². The summed E-state index contributed by atoms with van der Waals surface area (Å²) in [7, 11) is -3.66. The number of ether oxygens (including phenoxy) is 1. The van der Waals surface area contributed by atoms with Gasteiger partial charge < -0.3 is 15.0 Å². The highest BCUT2D eigenvalue weighted by Crippen LogP contribution is 2.49. The number of fused-ring (bicyclic) bond motifs is 3. The van der Waals surface area contributed by atoms with Gasteiger partial charge in [-0.15, -0.1) is 0 Å². The average Bonchev–Trinajstić information content (AvgIpc) is 3.47. The number of carbonyl (C=O) groups excluding carboxylic acids is 2. The Bertz CT molecular complexity index is 1230. The van der Waals surface area contributed by atoms with Crippen LogP contribution in [0.2, 0.25) is 0 Å². The molecular formula is C26H31N3O5S. The van der Waals surface area contributed by atoms with E-state index in [0.717, 1.165) is 12.3 Å². The van der Waals surface area contributed by atoms with E-state index in [1.807, 2.05) is 13.0 Å². The first-order chi connectivity index (χ1) is 16.7. The van der Waals surface area contributed by atoms with Crippen LogP contribution in [0.1, 0.15) is 39.5 Å². The summed E-state index contributed by atoms with van der Waals surface area (Å²) < 4.78 is 34.6. The highest BCUT2D eigenvalue weighted by Gasteiger charge is 2.42. The Morgan fingerprint density at radius 2 is 1.80 bits per heavy atom. The number of anilines is 2. The molecule has 2 bridgehead atoms. The van der Waals surface area contributed by atoms with Crippen molar-refractivity contribution in [3.63, 3.8) is 0 Å². The minimum absolute atomic E-state index is 0.0927. The molecule has 1 aliphatic heterocycles. The molecule has 3 aliphatic rings. The molecule has 0 unspecified atom stereocenters. The molecule has 0 spiro atoms. The third kappa shape index (κ3) is 4.79. The lowest BCUT2D eigenvalue weighted by molar-refractivity contribution is -0.123. The van der Waals surface area contributed by atoms with Gasteiger partial charge in [-0.2, -0.15) is 0 Å². The van der Waals surface area contributed by atoms with E-state index in [1.165, 1.54) is 43.2 Å². The van der Waals surface area contributed by atoms with Gasteiger partial charge in [-0.3, -0.25) is 9.59 Å². The number of sulfonamides is 1. The van der Waals surface area contributed by atoms with Crippen molar-refractivity contribution in [2.45, 2.75) is 56.6 Å². The average molecular weight is 498 g/mol. The quantitative estimate of drug-likeness (QED) is 0.635. The van der Waals surface area contributed by atoms with E-state index in [2.05, 4.69) is 10.0 Å².